The summed E-state index contributed by atoms with van der Waals surface area (Å²) < 4.78 is 0.704. The number of aromatic nitrogens is 2. The van der Waals surface area contributed by atoms with Crippen LogP contribution in [0.4, 0.5) is 10.8 Å². The summed E-state index contributed by atoms with van der Waals surface area (Å²) in [6.07, 6.45) is 0. The van der Waals surface area contributed by atoms with Gasteiger partial charge in [-0.1, -0.05) is 40.8 Å². The Morgan fingerprint density at radius 3 is 2.50 bits per heavy atom. The van der Waals surface area contributed by atoms with Gasteiger partial charge in [0.25, 0.3) is 0 Å². The van der Waals surface area contributed by atoms with E-state index >= 15 is 0 Å². The Morgan fingerprint density at radius 2 is 1.95 bits per heavy atom. The highest BCUT2D eigenvalue weighted by atomic mass is 32.2. The summed E-state index contributed by atoms with van der Waals surface area (Å²) in [4.78, 5) is 12.0. The molecule has 0 saturated heterocycles. The molecule has 5 nitrogen and oxygen atoms in total. The van der Waals surface area contributed by atoms with Crippen molar-refractivity contribution in [3.8, 4) is 0 Å². The Hall–Kier alpha value is -1.60. The number of hydrogen-bond donors (Lipinski definition) is 2. The van der Waals surface area contributed by atoms with Crippen molar-refractivity contribution in [2.24, 2.45) is 0 Å². The number of nitrogens with zero attached hydrogens (tertiary/aromatic N) is 2. The van der Waals surface area contributed by atoms with Crippen molar-refractivity contribution in [3.05, 3.63) is 28.8 Å². The van der Waals surface area contributed by atoms with Gasteiger partial charge in [0, 0.05) is 5.69 Å². The molecule has 1 aromatic heterocycles. The highest BCUT2D eigenvalue weighted by molar-refractivity contribution is 8.01. The number of rotatable bonds is 4. The molecule has 0 aliphatic rings. The number of anilines is 2. The van der Waals surface area contributed by atoms with E-state index in [4.69, 9.17) is 5.73 Å². The van der Waals surface area contributed by atoms with Crippen molar-refractivity contribution in [1.82, 2.24) is 10.2 Å². The van der Waals surface area contributed by atoms with E-state index in [1.165, 1.54) is 28.7 Å². The van der Waals surface area contributed by atoms with Gasteiger partial charge < -0.3 is 11.1 Å². The maximum absolute atomic E-state index is 12.0. The van der Waals surface area contributed by atoms with E-state index in [0.29, 0.717) is 15.2 Å². The first-order valence-corrected chi connectivity index (χ1v) is 7.85. The summed E-state index contributed by atoms with van der Waals surface area (Å²) in [5.74, 6) is 0.236. The van der Waals surface area contributed by atoms with Gasteiger partial charge >= 0.3 is 0 Å². The number of amides is 1. The quantitative estimate of drug-likeness (QED) is 0.849. The van der Waals surface area contributed by atoms with E-state index in [0.717, 1.165) is 16.8 Å². The normalized spacial score (nSPS) is 10.6. The molecule has 0 unspecified atom stereocenters. The number of nitrogens with two attached hydrogens (primary N) is 1. The molecular formula is C13H16N4OS2. The molecule has 0 bridgehead atoms. The molecule has 7 heteroatoms. The third-order valence-corrected chi connectivity index (χ3v) is 4.58. The number of nitrogen functional groups attached to an aromatic ring is 1. The minimum Gasteiger partial charge on any atom is -0.374 e. The Balaban J connectivity index is 1.98. The second-order valence-corrected chi connectivity index (χ2v) is 6.75. The second-order valence-electron chi connectivity index (χ2n) is 4.52. The molecule has 2 rings (SSSR count). The predicted octanol–water partition coefficient (Wildman–Crippen LogP) is 2.78. The first-order chi connectivity index (χ1) is 9.45. The van der Waals surface area contributed by atoms with Gasteiger partial charge in [-0.15, -0.1) is 10.2 Å². The lowest BCUT2D eigenvalue weighted by atomic mass is 10.1. The van der Waals surface area contributed by atoms with E-state index in [-0.39, 0.29) is 5.91 Å². The molecule has 0 spiro atoms. The molecule has 20 heavy (non-hydrogen) atoms. The molecule has 1 heterocycles. The minimum absolute atomic E-state index is 0.0566. The molecule has 2 aromatic rings. The molecule has 0 aliphatic heterocycles. The molecule has 3 N–H and O–H groups in total. The van der Waals surface area contributed by atoms with Crippen LogP contribution in [0.15, 0.2) is 16.5 Å². The number of carbonyl (C=O) groups excluding carboxylic acids is 1. The number of nitrogens with one attached hydrogen (secondary N) is 1. The van der Waals surface area contributed by atoms with Crippen molar-refractivity contribution < 1.29 is 4.79 Å². The molecule has 0 radical (unpaired) electrons. The number of aryl methyl sites for hydroxylation is 3. The van der Waals surface area contributed by atoms with E-state index < -0.39 is 0 Å². The Labute approximate surface area is 126 Å². The lowest BCUT2D eigenvalue weighted by Gasteiger charge is -2.12. The SMILES string of the molecule is Cc1cc(C)c(NC(=O)CSc2nnc(N)s2)c(C)c1. The molecule has 0 atom stereocenters. The van der Waals surface area contributed by atoms with Gasteiger partial charge in [-0.05, 0) is 31.9 Å². The van der Waals surface area contributed by atoms with Crippen LogP contribution in [0.25, 0.3) is 0 Å². The largest absolute Gasteiger partial charge is 0.374 e. The zero-order valence-electron chi connectivity index (χ0n) is 11.6. The summed E-state index contributed by atoms with van der Waals surface area (Å²) in [6, 6.07) is 4.11. The van der Waals surface area contributed by atoms with Crippen LogP contribution < -0.4 is 11.1 Å². The van der Waals surface area contributed by atoms with Crippen molar-refractivity contribution in [2.75, 3.05) is 16.8 Å². The molecular weight excluding hydrogens is 292 g/mol. The van der Waals surface area contributed by atoms with Crippen molar-refractivity contribution >= 4 is 39.8 Å². The molecule has 106 valence electrons. The van der Waals surface area contributed by atoms with Crippen molar-refractivity contribution in [2.45, 2.75) is 25.1 Å². The number of benzene rings is 1. The molecule has 1 amide bonds. The van der Waals surface area contributed by atoms with Gasteiger partial charge in [0.15, 0.2) is 4.34 Å². The zero-order chi connectivity index (χ0) is 14.7. The fourth-order valence-electron chi connectivity index (χ4n) is 1.96. The fourth-order valence-corrected chi connectivity index (χ4v) is 3.39. The van der Waals surface area contributed by atoms with E-state index in [9.17, 15) is 4.79 Å². The van der Waals surface area contributed by atoms with Gasteiger partial charge in [-0.3, -0.25) is 4.79 Å². The van der Waals surface area contributed by atoms with Gasteiger partial charge in [0.05, 0.1) is 5.75 Å². The fraction of sp³-hybridized carbons (Fsp3) is 0.308. The van der Waals surface area contributed by atoms with Crippen molar-refractivity contribution in [3.63, 3.8) is 0 Å². The molecule has 0 fully saturated rings. The van der Waals surface area contributed by atoms with Crippen LogP contribution in [0.2, 0.25) is 0 Å². The van der Waals surface area contributed by atoms with E-state index in [1.54, 1.807) is 0 Å². The average Bonchev–Trinajstić information content (AvgIpc) is 2.77. The maximum atomic E-state index is 12.0. The number of hydrogen-bond acceptors (Lipinski definition) is 6. The van der Waals surface area contributed by atoms with Crippen LogP contribution in [-0.4, -0.2) is 21.9 Å². The summed E-state index contributed by atoms with van der Waals surface area (Å²) in [5, 5.41) is 10.9. The summed E-state index contributed by atoms with van der Waals surface area (Å²) in [5.41, 5.74) is 9.71. The first kappa shape index (κ1) is 14.8. The minimum atomic E-state index is -0.0566. The molecule has 0 saturated carbocycles. The standard InChI is InChI=1S/C13H16N4OS2/c1-7-4-8(2)11(9(3)5-7)15-10(18)6-19-13-17-16-12(14)20-13/h4-5H,6H2,1-3H3,(H2,14,16)(H,15,18). The van der Waals surface area contributed by atoms with Crippen LogP contribution in [0.1, 0.15) is 16.7 Å². The Kier molecular flexibility index (Phi) is 4.61. The second kappa shape index (κ2) is 6.23. The van der Waals surface area contributed by atoms with Gasteiger partial charge in [0.1, 0.15) is 0 Å². The van der Waals surface area contributed by atoms with Crippen molar-refractivity contribution in [1.29, 1.82) is 0 Å². The zero-order valence-corrected chi connectivity index (χ0v) is 13.2. The molecule has 0 aliphatic carbocycles. The predicted molar refractivity (Wildman–Crippen MR) is 84.3 cm³/mol. The van der Waals surface area contributed by atoms with Crippen LogP contribution in [0.5, 0.6) is 0 Å². The summed E-state index contributed by atoms with van der Waals surface area (Å²) in [7, 11) is 0. The Morgan fingerprint density at radius 1 is 1.30 bits per heavy atom. The number of carbonyl (C=O) groups is 1. The van der Waals surface area contributed by atoms with Crippen LogP contribution >= 0.6 is 23.1 Å². The van der Waals surface area contributed by atoms with Crippen LogP contribution in [0.3, 0.4) is 0 Å². The maximum Gasteiger partial charge on any atom is 0.234 e. The summed E-state index contributed by atoms with van der Waals surface area (Å²) >= 11 is 2.62. The third-order valence-electron chi connectivity index (χ3n) is 2.69. The monoisotopic (exact) mass is 308 g/mol. The topological polar surface area (TPSA) is 80.9 Å². The lowest BCUT2D eigenvalue weighted by molar-refractivity contribution is -0.113. The van der Waals surface area contributed by atoms with E-state index in [1.807, 2.05) is 20.8 Å². The lowest BCUT2D eigenvalue weighted by Crippen LogP contribution is -2.15. The molecule has 1 aromatic carbocycles. The van der Waals surface area contributed by atoms with E-state index in [2.05, 4.69) is 27.6 Å². The van der Waals surface area contributed by atoms with Crippen LogP contribution in [0, 0.1) is 20.8 Å². The van der Waals surface area contributed by atoms with Gasteiger partial charge in [0.2, 0.25) is 11.0 Å². The third kappa shape index (κ3) is 3.71. The van der Waals surface area contributed by atoms with Gasteiger partial charge in [-0.2, -0.15) is 0 Å². The smallest absolute Gasteiger partial charge is 0.234 e. The highest BCUT2D eigenvalue weighted by Crippen LogP contribution is 2.25. The Bertz CT molecular complexity index is 616. The first-order valence-electron chi connectivity index (χ1n) is 6.05. The highest BCUT2D eigenvalue weighted by Gasteiger charge is 2.10. The summed E-state index contributed by atoms with van der Waals surface area (Å²) in [6.45, 7) is 6.03. The number of thioether (sulfide) groups is 1. The average molecular weight is 308 g/mol. The van der Waals surface area contributed by atoms with Crippen LogP contribution in [-0.2, 0) is 4.79 Å². The van der Waals surface area contributed by atoms with Gasteiger partial charge in [-0.25, -0.2) is 0 Å².